The molecule has 1 amide bonds. The molecule has 2 aromatic rings. The highest BCUT2D eigenvalue weighted by atomic mass is 32.2. The molecule has 2 aromatic carbocycles. The fourth-order valence-corrected chi connectivity index (χ4v) is 3.08. The van der Waals surface area contributed by atoms with Gasteiger partial charge in [-0.05, 0) is 48.9 Å². The fourth-order valence-electron chi connectivity index (χ4n) is 2.23. The van der Waals surface area contributed by atoms with Gasteiger partial charge in [-0.25, -0.2) is 12.8 Å². The van der Waals surface area contributed by atoms with Gasteiger partial charge in [0.2, 0.25) is 15.9 Å². The van der Waals surface area contributed by atoms with Crippen molar-refractivity contribution in [3.63, 3.8) is 0 Å². The zero-order chi connectivity index (χ0) is 19.2. The Morgan fingerprint density at radius 3 is 2.46 bits per heavy atom. The van der Waals surface area contributed by atoms with Crippen LogP contribution in [0.2, 0.25) is 0 Å². The van der Waals surface area contributed by atoms with Crippen LogP contribution in [0.3, 0.4) is 0 Å². The maximum Gasteiger partial charge on any atom is 0.245 e. The maximum atomic E-state index is 13.2. The van der Waals surface area contributed by atoms with Gasteiger partial charge in [0.15, 0.2) is 0 Å². The highest BCUT2D eigenvalue weighted by molar-refractivity contribution is 7.92. The van der Waals surface area contributed by atoms with Crippen molar-refractivity contribution in [3.05, 3.63) is 54.3 Å². The maximum absolute atomic E-state index is 13.2. The summed E-state index contributed by atoms with van der Waals surface area (Å²) in [5.41, 5.74) is 0.595. The molecule has 0 atom stereocenters. The monoisotopic (exact) mass is 380 g/mol. The lowest BCUT2D eigenvalue weighted by Crippen LogP contribution is -2.37. The van der Waals surface area contributed by atoms with Gasteiger partial charge in [-0.3, -0.25) is 9.10 Å². The molecule has 2 rings (SSSR count). The van der Waals surface area contributed by atoms with E-state index in [2.05, 4.69) is 5.32 Å². The second kappa shape index (κ2) is 8.66. The molecular weight excluding hydrogens is 359 g/mol. The Morgan fingerprint density at radius 2 is 1.88 bits per heavy atom. The van der Waals surface area contributed by atoms with E-state index in [9.17, 15) is 17.6 Å². The largest absolute Gasteiger partial charge is 0.494 e. The predicted octanol–water partition coefficient (Wildman–Crippen LogP) is 3.02. The third-order valence-corrected chi connectivity index (χ3v) is 4.53. The molecule has 140 valence electrons. The Balaban J connectivity index is 2.13. The molecule has 6 nitrogen and oxygen atoms in total. The van der Waals surface area contributed by atoms with Crippen LogP contribution in [-0.4, -0.2) is 33.7 Å². The fraction of sp³-hybridized carbons (Fsp3) is 0.278. The molecule has 0 heterocycles. The third-order valence-electron chi connectivity index (χ3n) is 3.39. The lowest BCUT2D eigenvalue weighted by Gasteiger charge is -2.22. The number of hydrogen-bond acceptors (Lipinski definition) is 4. The average Bonchev–Trinajstić information content (AvgIpc) is 2.57. The van der Waals surface area contributed by atoms with Gasteiger partial charge < -0.3 is 10.1 Å². The number of halogens is 1. The van der Waals surface area contributed by atoms with Gasteiger partial charge in [0.05, 0.1) is 18.6 Å². The summed E-state index contributed by atoms with van der Waals surface area (Å²) in [6.45, 7) is 2.12. The van der Waals surface area contributed by atoms with E-state index in [0.717, 1.165) is 23.0 Å². The zero-order valence-corrected chi connectivity index (χ0v) is 15.4. The molecule has 0 unspecified atom stereocenters. The zero-order valence-electron chi connectivity index (χ0n) is 14.6. The number of hydrogen-bond donors (Lipinski definition) is 1. The molecule has 0 aromatic heterocycles. The molecule has 26 heavy (non-hydrogen) atoms. The van der Waals surface area contributed by atoms with Crippen LogP contribution < -0.4 is 14.4 Å². The second-order valence-electron chi connectivity index (χ2n) is 5.67. The summed E-state index contributed by atoms with van der Waals surface area (Å²) in [6.07, 6.45) is 1.88. The van der Waals surface area contributed by atoms with Gasteiger partial charge in [0.1, 0.15) is 18.1 Å². The van der Waals surface area contributed by atoms with Crippen molar-refractivity contribution in [2.24, 2.45) is 0 Å². The summed E-state index contributed by atoms with van der Waals surface area (Å²) >= 11 is 0. The van der Waals surface area contributed by atoms with Crippen LogP contribution in [0.4, 0.5) is 15.8 Å². The number of ether oxygens (including phenoxy) is 1. The highest BCUT2D eigenvalue weighted by Gasteiger charge is 2.21. The Kier molecular flexibility index (Phi) is 6.57. The molecule has 0 aliphatic heterocycles. The molecule has 0 spiro atoms. The standard InChI is InChI=1S/C18H21FN2O4S/c1-3-11-25-17-9-7-16(8-10-17)21(26(2,23)24)13-18(22)20-15-6-4-5-14(19)12-15/h4-10,12H,3,11,13H2,1-2H3,(H,20,22). The van der Waals surface area contributed by atoms with E-state index in [1.54, 1.807) is 24.3 Å². The van der Waals surface area contributed by atoms with Crippen molar-refractivity contribution in [1.82, 2.24) is 0 Å². The number of rotatable bonds is 8. The van der Waals surface area contributed by atoms with E-state index in [1.165, 1.54) is 18.2 Å². The molecule has 0 saturated heterocycles. The number of benzene rings is 2. The SMILES string of the molecule is CCCOc1ccc(N(CC(=O)Nc2cccc(F)c2)S(C)(=O)=O)cc1. The van der Waals surface area contributed by atoms with Crippen LogP contribution in [0.1, 0.15) is 13.3 Å². The minimum Gasteiger partial charge on any atom is -0.494 e. The first kappa shape index (κ1) is 19.7. The molecule has 0 radical (unpaired) electrons. The van der Waals surface area contributed by atoms with E-state index in [4.69, 9.17) is 4.74 Å². The number of anilines is 2. The molecule has 8 heteroatoms. The van der Waals surface area contributed by atoms with Crippen LogP contribution in [0, 0.1) is 5.82 Å². The van der Waals surface area contributed by atoms with Crippen LogP contribution in [0.25, 0.3) is 0 Å². The number of nitrogens with zero attached hydrogens (tertiary/aromatic N) is 1. The topological polar surface area (TPSA) is 75.7 Å². The Bertz CT molecular complexity index is 854. The number of nitrogens with one attached hydrogen (secondary N) is 1. The lowest BCUT2D eigenvalue weighted by atomic mass is 10.3. The van der Waals surface area contributed by atoms with E-state index < -0.39 is 28.3 Å². The average molecular weight is 380 g/mol. The molecule has 0 saturated carbocycles. The van der Waals surface area contributed by atoms with Crippen LogP contribution >= 0.6 is 0 Å². The number of carbonyl (C=O) groups excluding carboxylic acids is 1. The third kappa shape index (κ3) is 5.73. The van der Waals surface area contributed by atoms with Gasteiger partial charge in [-0.2, -0.15) is 0 Å². The number of carbonyl (C=O) groups is 1. The van der Waals surface area contributed by atoms with Crippen molar-refractivity contribution < 1.29 is 22.3 Å². The predicted molar refractivity (Wildman–Crippen MR) is 99.4 cm³/mol. The highest BCUT2D eigenvalue weighted by Crippen LogP contribution is 2.22. The molecule has 0 aliphatic carbocycles. The summed E-state index contributed by atoms with van der Waals surface area (Å²) in [7, 11) is -3.69. The van der Waals surface area contributed by atoms with Gasteiger partial charge in [0.25, 0.3) is 0 Å². The first-order valence-corrected chi connectivity index (χ1v) is 9.90. The van der Waals surface area contributed by atoms with E-state index >= 15 is 0 Å². The van der Waals surface area contributed by atoms with Crippen molar-refractivity contribution in [3.8, 4) is 5.75 Å². The Hall–Kier alpha value is -2.61. The first-order valence-electron chi connectivity index (χ1n) is 8.05. The van der Waals surface area contributed by atoms with E-state index in [0.29, 0.717) is 18.0 Å². The lowest BCUT2D eigenvalue weighted by molar-refractivity contribution is -0.114. The van der Waals surface area contributed by atoms with Crippen molar-refractivity contribution in [2.45, 2.75) is 13.3 Å². The normalized spacial score (nSPS) is 11.0. The van der Waals surface area contributed by atoms with E-state index in [-0.39, 0.29) is 5.69 Å². The minimum absolute atomic E-state index is 0.256. The molecule has 0 bridgehead atoms. The van der Waals surface area contributed by atoms with Crippen LogP contribution in [0.15, 0.2) is 48.5 Å². The van der Waals surface area contributed by atoms with Gasteiger partial charge in [0, 0.05) is 5.69 Å². The quantitative estimate of drug-likeness (QED) is 0.764. The second-order valence-corrected chi connectivity index (χ2v) is 7.58. The van der Waals surface area contributed by atoms with Crippen molar-refractivity contribution in [2.75, 3.05) is 29.0 Å². The molecule has 1 N–H and O–H groups in total. The van der Waals surface area contributed by atoms with Gasteiger partial charge >= 0.3 is 0 Å². The Labute approximate surface area is 152 Å². The summed E-state index contributed by atoms with van der Waals surface area (Å²) in [5.74, 6) is -0.453. The van der Waals surface area contributed by atoms with Crippen molar-refractivity contribution >= 4 is 27.3 Å². The van der Waals surface area contributed by atoms with Crippen LogP contribution in [-0.2, 0) is 14.8 Å². The van der Waals surface area contributed by atoms with Gasteiger partial charge in [-0.15, -0.1) is 0 Å². The summed E-state index contributed by atoms with van der Waals surface area (Å²) in [6, 6.07) is 11.8. The minimum atomic E-state index is -3.69. The van der Waals surface area contributed by atoms with Crippen LogP contribution in [0.5, 0.6) is 5.75 Å². The molecule has 0 aliphatic rings. The molecule has 0 fully saturated rings. The number of sulfonamides is 1. The number of amides is 1. The Morgan fingerprint density at radius 1 is 1.19 bits per heavy atom. The summed E-state index contributed by atoms with van der Waals surface area (Å²) < 4.78 is 43.8. The first-order chi connectivity index (χ1) is 12.3. The molecular formula is C18H21FN2O4S. The van der Waals surface area contributed by atoms with Crippen molar-refractivity contribution in [1.29, 1.82) is 0 Å². The smallest absolute Gasteiger partial charge is 0.245 e. The summed E-state index contributed by atoms with van der Waals surface area (Å²) in [4.78, 5) is 12.2. The summed E-state index contributed by atoms with van der Waals surface area (Å²) in [5, 5.41) is 2.48. The van der Waals surface area contributed by atoms with Gasteiger partial charge in [-0.1, -0.05) is 13.0 Å². The van der Waals surface area contributed by atoms with E-state index in [1.807, 2.05) is 6.92 Å².